The van der Waals surface area contributed by atoms with Crippen LogP contribution in [0.15, 0.2) is 52.7 Å². The zero-order valence-electron chi connectivity index (χ0n) is 14.8. The molecular formula is C18H15Cl2N3O3S2. The standard InChI is InChI=1S/C18H15Cl2N3O3S2/c1-23(2)28(25,26)13-6-3-11(4-7-13)17(24)22-18-21-16(10-27-18)14-9-12(19)5-8-15(14)20/h3-10H,1-2H3,(H,21,22,24). The Morgan fingerprint density at radius 1 is 1.11 bits per heavy atom. The van der Waals surface area contributed by atoms with Gasteiger partial charge in [-0.15, -0.1) is 11.3 Å². The van der Waals surface area contributed by atoms with E-state index < -0.39 is 15.9 Å². The summed E-state index contributed by atoms with van der Waals surface area (Å²) in [5.74, 6) is -0.396. The number of halogens is 2. The summed E-state index contributed by atoms with van der Waals surface area (Å²) in [6.45, 7) is 0. The van der Waals surface area contributed by atoms with Gasteiger partial charge in [-0.2, -0.15) is 0 Å². The number of nitrogens with one attached hydrogen (secondary N) is 1. The number of carbonyl (C=O) groups is 1. The molecule has 146 valence electrons. The Hall–Kier alpha value is -1.97. The van der Waals surface area contributed by atoms with Gasteiger partial charge in [-0.3, -0.25) is 10.1 Å². The molecule has 10 heteroatoms. The molecule has 0 saturated carbocycles. The Labute approximate surface area is 176 Å². The maximum Gasteiger partial charge on any atom is 0.257 e. The van der Waals surface area contributed by atoms with Gasteiger partial charge in [-0.25, -0.2) is 17.7 Å². The van der Waals surface area contributed by atoms with Gasteiger partial charge in [0.2, 0.25) is 10.0 Å². The van der Waals surface area contributed by atoms with Crippen molar-refractivity contribution in [3.8, 4) is 11.3 Å². The number of benzene rings is 2. The number of nitrogens with zero attached hydrogens (tertiary/aromatic N) is 2. The third-order valence-electron chi connectivity index (χ3n) is 3.82. The van der Waals surface area contributed by atoms with Crippen molar-refractivity contribution in [3.05, 3.63) is 63.5 Å². The fourth-order valence-electron chi connectivity index (χ4n) is 2.31. The van der Waals surface area contributed by atoms with Crippen LogP contribution in [0.2, 0.25) is 10.0 Å². The van der Waals surface area contributed by atoms with Gasteiger partial charge >= 0.3 is 0 Å². The molecule has 0 atom stereocenters. The molecule has 3 rings (SSSR count). The second-order valence-electron chi connectivity index (χ2n) is 5.93. The zero-order valence-corrected chi connectivity index (χ0v) is 18.0. The molecule has 0 saturated heterocycles. The number of carbonyl (C=O) groups excluding carboxylic acids is 1. The average Bonchev–Trinajstić information content (AvgIpc) is 3.11. The molecule has 0 radical (unpaired) electrons. The molecule has 0 bridgehead atoms. The van der Waals surface area contributed by atoms with Crippen LogP contribution in [0, 0.1) is 0 Å². The van der Waals surface area contributed by atoms with Crippen LogP contribution in [0.3, 0.4) is 0 Å². The first-order valence-corrected chi connectivity index (χ1v) is 11.0. The average molecular weight is 456 g/mol. The Morgan fingerprint density at radius 3 is 2.43 bits per heavy atom. The second-order valence-corrected chi connectivity index (χ2v) is 9.78. The number of thiazole rings is 1. The van der Waals surface area contributed by atoms with E-state index >= 15 is 0 Å². The summed E-state index contributed by atoms with van der Waals surface area (Å²) in [4.78, 5) is 16.9. The van der Waals surface area contributed by atoms with Gasteiger partial charge in [0.15, 0.2) is 5.13 Å². The normalized spacial score (nSPS) is 11.6. The number of sulfonamides is 1. The zero-order chi connectivity index (χ0) is 20.5. The first kappa shape index (κ1) is 20.8. The molecule has 0 unspecified atom stereocenters. The second kappa shape index (κ2) is 8.18. The molecule has 3 aromatic rings. The maximum atomic E-state index is 12.4. The summed E-state index contributed by atoms with van der Waals surface area (Å²) in [5.41, 5.74) is 1.58. The van der Waals surface area contributed by atoms with E-state index in [1.807, 2.05) is 0 Å². The molecule has 28 heavy (non-hydrogen) atoms. The van der Waals surface area contributed by atoms with Gasteiger partial charge in [0, 0.05) is 35.6 Å². The first-order chi connectivity index (χ1) is 13.2. The van der Waals surface area contributed by atoms with E-state index in [1.165, 1.54) is 49.7 Å². The number of rotatable bonds is 5. The smallest absolute Gasteiger partial charge is 0.257 e. The maximum absolute atomic E-state index is 12.4. The summed E-state index contributed by atoms with van der Waals surface area (Å²) in [6, 6.07) is 10.8. The number of aromatic nitrogens is 1. The van der Waals surface area contributed by atoms with Crippen LogP contribution >= 0.6 is 34.5 Å². The van der Waals surface area contributed by atoms with Gasteiger partial charge < -0.3 is 0 Å². The van der Waals surface area contributed by atoms with Crippen molar-refractivity contribution in [2.75, 3.05) is 19.4 Å². The van der Waals surface area contributed by atoms with Gasteiger partial charge in [0.05, 0.1) is 15.6 Å². The summed E-state index contributed by atoms with van der Waals surface area (Å²) >= 11 is 13.4. The van der Waals surface area contributed by atoms with Crippen LogP contribution in [0.1, 0.15) is 10.4 Å². The van der Waals surface area contributed by atoms with Crippen molar-refractivity contribution < 1.29 is 13.2 Å². The van der Waals surface area contributed by atoms with Crippen LogP contribution < -0.4 is 5.32 Å². The lowest BCUT2D eigenvalue weighted by molar-refractivity contribution is 0.102. The molecular weight excluding hydrogens is 441 g/mol. The fraction of sp³-hybridized carbons (Fsp3) is 0.111. The minimum absolute atomic E-state index is 0.112. The molecule has 1 N–H and O–H groups in total. The minimum atomic E-state index is -3.55. The summed E-state index contributed by atoms with van der Waals surface area (Å²) < 4.78 is 25.3. The molecule has 2 aromatic carbocycles. The van der Waals surface area contributed by atoms with E-state index in [0.29, 0.717) is 32.0 Å². The lowest BCUT2D eigenvalue weighted by Gasteiger charge is -2.11. The first-order valence-electron chi connectivity index (χ1n) is 7.93. The molecule has 0 aliphatic heterocycles. The topological polar surface area (TPSA) is 79.4 Å². The van der Waals surface area contributed by atoms with Gasteiger partial charge in [0.1, 0.15) is 0 Å². The van der Waals surface area contributed by atoms with Crippen LogP contribution in [0.4, 0.5) is 5.13 Å². The number of hydrogen-bond donors (Lipinski definition) is 1. The van der Waals surface area contributed by atoms with E-state index in [9.17, 15) is 13.2 Å². The van der Waals surface area contributed by atoms with Crippen molar-refractivity contribution in [2.45, 2.75) is 4.90 Å². The monoisotopic (exact) mass is 455 g/mol. The Balaban J connectivity index is 1.77. The van der Waals surface area contributed by atoms with Crippen molar-refractivity contribution in [1.29, 1.82) is 0 Å². The highest BCUT2D eigenvalue weighted by molar-refractivity contribution is 7.89. The summed E-state index contributed by atoms with van der Waals surface area (Å²) in [5, 5.41) is 5.89. The number of hydrogen-bond acceptors (Lipinski definition) is 5. The van der Waals surface area contributed by atoms with Crippen LogP contribution in [0.25, 0.3) is 11.3 Å². The van der Waals surface area contributed by atoms with Crippen molar-refractivity contribution in [3.63, 3.8) is 0 Å². The lowest BCUT2D eigenvalue weighted by Crippen LogP contribution is -2.22. The molecule has 0 aliphatic rings. The molecule has 0 fully saturated rings. The van der Waals surface area contributed by atoms with E-state index in [0.717, 1.165) is 4.31 Å². The van der Waals surface area contributed by atoms with Gasteiger partial charge in [-0.05, 0) is 42.5 Å². The van der Waals surface area contributed by atoms with Crippen LogP contribution in [0.5, 0.6) is 0 Å². The van der Waals surface area contributed by atoms with Crippen molar-refractivity contribution in [1.82, 2.24) is 9.29 Å². The van der Waals surface area contributed by atoms with Gasteiger partial charge in [0.25, 0.3) is 5.91 Å². The van der Waals surface area contributed by atoms with Gasteiger partial charge in [-0.1, -0.05) is 23.2 Å². The minimum Gasteiger partial charge on any atom is -0.298 e. The fourth-order valence-corrected chi connectivity index (χ4v) is 4.30. The third kappa shape index (κ3) is 4.37. The molecule has 6 nitrogen and oxygen atoms in total. The lowest BCUT2D eigenvalue weighted by atomic mass is 10.2. The number of amides is 1. The summed E-state index contributed by atoms with van der Waals surface area (Å²) in [6.07, 6.45) is 0. The van der Waals surface area contributed by atoms with E-state index in [4.69, 9.17) is 23.2 Å². The van der Waals surface area contributed by atoms with E-state index in [-0.39, 0.29) is 4.90 Å². The van der Waals surface area contributed by atoms with Crippen molar-refractivity contribution >= 4 is 55.6 Å². The molecule has 0 spiro atoms. The largest absolute Gasteiger partial charge is 0.298 e. The Bertz CT molecular complexity index is 1130. The predicted octanol–water partition coefficient (Wildman–Crippen LogP) is 4.62. The highest BCUT2D eigenvalue weighted by Gasteiger charge is 2.18. The van der Waals surface area contributed by atoms with E-state index in [2.05, 4.69) is 10.3 Å². The predicted molar refractivity (Wildman–Crippen MR) is 113 cm³/mol. The molecule has 0 aliphatic carbocycles. The molecule has 1 heterocycles. The molecule has 1 aromatic heterocycles. The highest BCUT2D eigenvalue weighted by atomic mass is 35.5. The highest BCUT2D eigenvalue weighted by Crippen LogP contribution is 2.32. The molecule has 1 amide bonds. The van der Waals surface area contributed by atoms with Crippen LogP contribution in [-0.4, -0.2) is 37.7 Å². The SMILES string of the molecule is CN(C)S(=O)(=O)c1ccc(C(=O)Nc2nc(-c3cc(Cl)ccc3Cl)cs2)cc1. The quantitative estimate of drug-likeness (QED) is 0.608. The summed E-state index contributed by atoms with van der Waals surface area (Å²) in [7, 11) is -0.652. The Kier molecular flexibility index (Phi) is 6.07. The van der Waals surface area contributed by atoms with E-state index in [1.54, 1.807) is 23.6 Å². The van der Waals surface area contributed by atoms with Crippen molar-refractivity contribution in [2.24, 2.45) is 0 Å². The number of anilines is 1. The third-order valence-corrected chi connectivity index (χ3v) is 6.98. The Morgan fingerprint density at radius 2 is 1.79 bits per heavy atom. The van der Waals surface area contributed by atoms with Crippen LogP contribution in [-0.2, 0) is 10.0 Å².